The number of hydrogen-bond donors (Lipinski definition) is 2. The molecule has 0 bridgehead atoms. The van der Waals surface area contributed by atoms with Gasteiger partial charge in [0.1, 0.15) is 0 Å². The molecule has 1 amide bonds. The van der Waals surface area contributed by atoms with Crippen LogP contribution in [0.25, 0.3) is 0 Å². The third-order valence-electron chi connectivity index (χ3n) is 3.45. The lowest BCUT2D eigenvalue weighted by atomic mass is 9.98. The highest BCUT2D eigenvalue weighted by Crippen LogP contribution is 2.28. The summed E-state index contributed by atoms with van der Waals surface area (Å²) in [6, 6.07) is 4.25. The van der Waals surface area contributed by atoms with Crippen molar-refractivity contribution in [3.8, 4) is 0 Å². The van der Waals surface area contributed by atoms with Crippen molar-refractivity contribution in [3.05, 3.63) is 42.0 Å². The van der Waals surface area contributed by atoms with E-state index in [0.717, 1.165) is 24.1 Å². The first-order chi connectivity index (χ1) is 9.54. The minimum atomic E-state index is -0.959. The number of hydrogen-bond acceptors (Lipinski definition) is 3. The van der Waals surface area contributed by atoms with E-state index in [1.165, 1.54) is 6.07 Å². The van der Waals surface area contributed by atoms with Crippen molar-refractivity contribution in [2.45, 2.75) is 25.3 Å². The van der Waals surface area contributed by atoms with Crippen LogP contribution in [0.2, 0.25) is 0 Å². The molecule has 0 aliphatic carbocycles. The van der Waals surface area contributed by atoms with Crippen LogP contribution in [-0.4, -0.2) is 29.6 Å². The van der Waals surface area contributed by atoms with Crippen LogP contribution >= 0.6 is 0 Å². The number of carbonyl (C=O) groups is 2. The van der Waals surface area contributed by atoms with Crippen molar-refractivity contribution in [2.75, 3.05) is 11.4 Å². The highest BCUT2D eigenvalue weighted by molar-refractivity contribution is 5.99. The molecule has 1 unspecified atom stereocenters. The topological polar surface area (TPSA) is 83.6 Å². The second-order valence-electron chi connectivity index (χ2n) is 4.87. The maximum atomic E-state index is 12.3. The third kappa shape index (κ3) is 2.72. The summed E-state index contributed by atoms with van der Waals surface area (Å²) in [6.07, 6.45) is 3.64. The van der Waals surface area contributed by atoms with Gasteiger partial charge in [0.15, 0.2) is 0 Å². The second kappa shape index (κ2) is 5.88. The van der Waals surface area contributed by atoms with Gasteiger partial charge in [-0.05, 0) is 43.0 Å². The molecule has 0 saturated heterocycles. The first-order valence-corrected chi connectivity index (χ1v) is 6.58. The maximum Gasteiger partial charge on any atom is 0.335 e. The summed E-state index contributed by atoms with van der Waals surface area (Å²) < 4.78 is 0. The molecule has 5 nitrogen and oxygen atoms in total. The molecule has 20 heavy (non-hydrogen) atoms. The number of benzene rings is 1. The van der Waals surface area contributed by atoms with E-state index < -0.39 is 12.0 Å². The first-order valence-electron chi connectivity index (χ1n) is 6.58. The SMILES string of the molecule is C=CCC(N)C(=O)N1CCCc2cc(C(=O)O)ccc21. The van der Waals surface area contributed by atoms with Crippen molar-refractivity contribution in [2.24, 2.45) is 5.73 Å². The molecule has 106 valence electrons. The van der Waals surface area contributed by atoms with E-state index in [0.29, 0.717) is 13.0 Å². The number of carboxylic acids is 1. The maximum absolute atomic E-state index is 12.3. The Morgan fingerprint density at radius 3 is 2.90 bits per heavy atom. The molecule has 0 saturated carbocycles. The smallest absolute Gasteiger partial charge is 0.335 e. The molecule has 2 rings (SSSR count). The van der Waals surface area contributed by atoms with Gasteiger partial charge in [0.05, 0.1) is 11.6 Å². The standard InChI is InChI=1S/C15H18N2O3/c1-2-4-12(16)14(18)17-8-3-5-10-9-11(15(19)20)6-7-13(10)17/h2,6-7,9,12H,1,3-5,8,16H2,(H,19,20). The number of aryl methyl sites for hydroxylation is 1. The van der Waals surface area contributed by atoms with Crippen molar-refractivity contribution in [1.29, 1.82) is 0 Å². The van der Waals surface area contributed by atoms with E-state index >= 15 is 0 Å². The lowest BCUT2D eigenvalue weighted by Crippen LogP contribution is -2.45. The molecule has 0 radical (unpaired) electrons. The summed E-state index contributed by atoms with van der Waals surface area (Å²) in [7, 11) is 0. The average Bonchev–Trinajstić information content (AvgIpc) is 2.45. The van der Waals surface area contributed by atoms with Crippen molar-refractivity contribution in [3.63, 3.8) is 0 Å². The van der Waals surface area contributed by atoms with Gasteiger partial charge in [0, 0.05) is 12.2 Å². The molecule has 0 spiro atoms. The van der Waals surface area contributed by atoms with E-state index in [2.05, 4.69) is 6.58 Å². The summed E-state index contributed by atoms with van der Waals surface area (Å²) in [5, 5.41) is 9.01. The van der Waals surface area contributed by atoms with Crippen LogP contribution in [0.15, 0.2) is 30.9 Å². The molecular weight excluding hydrogens is 256 g/mol. The van der Waals surface area contributed by atoms with Crippen LogP contribution in [0.5, 0.6) is 0 Å². The molecule has 1 atom stereocenters. The molecular formula is C15H18N2O3. The van der Waals surface area contributed by atoms with Crippen molar-refractivity contribution in [1.82, 2.24) is 0 Å². The number of nitrogens with zero attached hydrogens (tertiary/aromatic N) is 1. The average molecular weight is 274 g/mol. The number of nitrogens with two attached hydrogens (primary N) is 1. The fraction of sp³-hybridized carbons (Fsp3) is 0.333. The van der Waals surface area contributed by atoms with E-state index in [1.807, 2.05) is 0 Å². The van der Waals surface area contributed by atoms with E-state index in [1.54, 1.807) is 23.1 Å². The van der Waals surface area contributed by atoms with Gasteiger partial charge >= 0.3 is 5.97 Å². The number of carbonyl (C=O) groups excluding carboxylic acids is 1. The van der Waals surface area contributed by atoms with Gasteiger partial charge in [-0.3, -0.25) is 4.79 Å². The molecule has 1 aromatic carbocycles. The van der Waals surface area contributed by atoms with Crippen LogP contribution < -0.4 is 10.6 Å². The number of aromatic carboxylic acids is 1. The molecule has 1 heterocycles. The molecule has 1 aromatic rings. The van der Waals surface area contributed by atoms with Gasteiger partial charge in [-0.15, -0.1) is 6.58 Å². The largest absolute Gasteiger partial charge is 0.478 e. The lowest BCUT2D eigenvalue weighted by molar-refractivity contribution is -0.119. The van der Waals surface area contributed by atoms with Crippen LogP contribution in [0.4, 0.5) is 5.69 Å². The Morgan fingerprint density at radius 1 is 1.50 bits per heavy atom. The lowest BCUT2D eigenvalue weighted by Gasteiger charge is -2.31. The van der Waals surface area contributed by atoms with Crippen molar-refractivity contribution >= 4 is 17.6 Å². The minimum Gasteiger partial charge on any atom is -0.478 e. The fourth-order valence-electron chi connectivity index (χ4n) is 2.44. The Balaban J connectivity index is 2.31. The molecule has 1 aliphatic rings. The summed E-state index contributed by atoms with van der Waals surface area (Å²) in [5.74, 6) is -1.10. The van der Waals surface area contributed by atoms with Gasteiger partial charge in [0.2, 0.25) is 5.91 Å². The predicted molar refractivity (Wildman–Crippen MR) is 76.9 cm³/mol. The van der Waals surface area contributed by atoms with Crippen LogP contribution in [0.3, 0.4) is 0 Å². The fourth-order valence-corrected chi connectivity index (χ4v) is 2.44. The Labute approximate surface area is 117 Å². The molecule has 0 fully saturated rings. The number of carboxylic acid groups (broad SMARTS) is 1. The highest BCUT2D eigenvalue weighted by Gasteiger charge is 2.26. The van der Waals surface area contributed by atoms with Gasteiger partial charge in [-0.1, -0.05) is 6.08 Å². The number of rotatable bonds is 4. The molecule has 1 aliphatic heterocycles. The van der Waals surface area contributed by atoms with Crippen molar-refractivity contribution < 1.29 is 14.7 Å². The Kier molecular flexibility index (Phi) is 4.20. The Hall–Kier alpha value is -2.14. The van der Waals surface area contributed by atoms with Gasteiger partial charge in [-0.25, -0.2) is 4.79 Å². The summed E-state index contributed by atoms with van der Waals surface area (Å²) >= 11 is 0. The van der Waals surface area contributed by atoms with Gasteiger partial charge in [0.25, 0.3) is 0 Å². The molecule has 0 aromatic heterocycles. The number of amides is 1. The first kappa shape index (κ1) is 14.3. The minimum absolute atomic E-state index is 0.145. The van der Waals surface area contributed by atoms with Gasteiger partial charge in [-0.2, -0.15) is 0 Å². The predicted octanol–water partition coefficient (Wildman–Crippen LogP) is 1.57. The van der Waals surface area contributed by atoms with Crippen LogP contribution in [0, 0.1) is 0 Å². The number of anilines is 1. The monoisotopic (exact) mass is 274 g/mol. The van der Waals surface area contributed by atoms with Gasteiger partial charge < -0.3 is 15.7 Å². The van der Waals surface area contributed by atoms with Crippen LogP contribution in [-0.2, 0) is 11.2 Å². The normalized spacial score (nSPS) is 15.3. The zero-order valence-electron chi connectivity index (χ0n) is 11.2. The Bertz CT molecular complexity index is 554. The Morgan fingerprint density at radius 2 is 2.25 bits per heavy atom. The van der Waals surface area contributed by atoms with Crippen LogP contribution in [0.1, 0.15) is 28.8 Å². The molecule has 3 N–H and O–H groups in total. The molecule has 5 heteroatoms. The highest BCUT2D eigenvalue weighted by atomic mass is 16.4. The summed E-state index contributed by atoms with van der Waals surface area (Å²) in [6.45, 7) is 4.20. The summed E-state index contributed by atoms with van der Waals surface area (Å²) in [5.41, 5.74) is 7.73. The van der Waals surface area contributed by atoms with E-state index in [4.69, 9.17) is 10.8 Å². The van der Waals surface area contributed by atoms with E-state index in [9.17, 15) is 9.59 Å². The quantitative estimate of drug-likeness (QED) is 0.816. The zero-order valence-corrected chi connectivity index (χ0v) is 11.2. The van der Waals surface area contributed by atoms with E-state index in [-0.39, 0.29) is 11.5 Å². The third-order valence-corrected chi connectivity index (χ3v) is 3.45. The zero-order chi connectivity index (χ0) is 14.7. The number of fused-ring (bicyclic) bond motifs is 1. The second-order valence-corrected chi connectivity index (χ2v) is 4.87. The summed E-state index contributed by atoms with van der Waals surface area (Å²) in [4.78, 5) is 24.9.